The van der Waals surface area contributed by atoms with E-state index in [0.717, 1.165) is 0 Å². The van der Waals surface area contributed by atoms with E-state index in [0.29, 0.717) is 12.8 Å². The second-order valence-corrected chi connectivity index (χ2v) is 5.18. The van der Waals surface area contributed by atoms with Gasteiger partial charge in [-0.2, -0.15) is 5.26 Å². The van der Waals surface area contributed by atoms with Crippen molar-refractivity contribution >= 4 is 9.84 Å². The molecule has 0 saturated carbocycles. The average Bonchev–Trinajstić information content (AvgIpc) is 1.98. The van der Waals surface area contributed by atoms with Gasteiger partial charge in [0.25, 0.3) is 0 Å². The molecular formula is C7H11NO2S. The molecule has 0 aliphatic carbocycles. The Morgan fingerprint density at radius 1 is 1.73 bits per heavy atom. The normalized spacial score (nSPS) is 30.0. The lowest BCUT2D eigenvalue weighted by molar-refractivity contribution is 0.489. The largest absolute Gasteiger partial charge is 0.229 e. The summed E-state index contributed by atoms with van der Waals surface area (Å²) < 4.78 is 22.1. The Bertz CT molecular complexity index is 275. The van der Waals surface area contributed by atoms with Crippen LogP contribution in [0.4, 0.5) is 0 Å². The molecule has 1 saturated heterocycles. The third-order valence-electron chi connectivity index (χ3n) is 2.20. The van der Waals surface area contributed by atoms with Crippen molar-refractivity contribution in [1.82, 2.24) is 0 Å². The Kier molecular flexibility index (Phi) is 2.19. The topological polar surface area (TPSA) is 57.9 Å². The van der Waals surface area contributed by atoms with E-state index in [9.17, 15) is 8.42 Å². The minimum absolute atomic E-state index is 0.274. The van der Waals surface area contributed by atoms with Gasteiger partial charge in [0.2, 0.25) is 0 Å². The predicted molar refractivity (Wildman–Crippen MR) is 41.6 cm³/mol. The highest BCUT2D eigenvalue weighted by Crippen LogP contribution is 2.28. The maximum atomic E-state index is 11.0. The lowest BCUT2D eigenvalue weighted by atomic mass is 10.0. The summed E-state index contributed by atoms with van der Waals surface area (Å²) >= 11 is 0. The van der Waals surface area contributed by atoms with Crippen LogP contribution in [-0.4, -0.2) is 19.4 Å². The molecule has 0 aromatic heterocycles. The first kappa shape index (κ1) is 8.54. The van der Waals surface area contributed by atoms with Crippen LogP contribution < -0.4 is 0 Å². The van der Waals surface area contributed by atoms with Crippen LogP contribution in [0.3, 0.4) is 0 Å². The van der Waals surface area contributed by atoms with Crippen LogP contribution in [0.1, 0.15) is 19.8 Å². The van der Waals surface area contributed by atoms with Crippen molar-refractivity contribution in [1.29, 1.82) is 5.26 Å². The molecule has 1 aliphatic heterocycles. The SMILES string of the molecule is CCC(C#N)C1CCS1(=O)=O. The molecule has 4 heteroatoms. The maximum Gasteiger partial charge on any atom is 0.154 e. The molecule has 0 spiro atoms. The summed E-state index contributed by atoms with van der Waals surface area (Å²) in [5.41, 5.74) is 0. The fraction of sp³-hybridized carbons (Fsp3) is 0.857. The average molecular weight is 173 g/mol. The highest BCUT2D eigenvalue weighted by Gasteiger charge is 2.40. The summed E-state index contributed by atoms with van der Waals surface area (Å²) in [6.45, 7) is 1.85. The van der Waals surface area contributed by atoms with Gasteiger partial charge in [-0.05, 0) is 12.8 Å². The van der Waals surface area contributed by atoms with E-state index in [4.69, 9.17) is 5.26 Å². The molecule has 0 aromatic carbocycles. The van der Waals surface area contributed by atoms with Crippen molar-refractivity contribution in [3.05, 3.63) is 0 Å². The number of hydrogen-bond acceptors (Lipinski definition) is 3. The standard InChI is InChI=1S/C7H11NO2S/c1-2-6(5-8)7-3-4-11(7,9)10/h6-7H,2-4H2,1H3. The Morgan fingerprint density at radius 2 is 2.36 bits per heavy atom. The van der Waals surface area contributed by atoms with Crippen LogP contribution in [0.25, 0.3) is 0 Å². The van der Waals surface area contributed by atoms with E-state index >= 15 is 0 Å². The molecule has 1 heterocycles. The zero-order valence-corrected chi connectivity index (χ0v) is 7.26. The van der Waals surface area contributed by atoms with Gasteiger partial charge in [0.1, 0.15) is 0 Å². The fourth-order valence-corrected chi connectivity index (χ4v) is 2.98. The molecule has 1 rings (SSSR count). The third-order valence-corrected chi connectivity index (χ3v) is 4.49. The number of rotatable bonds is 2. The van der Waals surface area contributed by atoms with Gasteiger partial charge in [0.15, 0.2) is 9.84 Å². The smallest absolute Gasteiger partial charge is 0.154 e. The van der Waals surface area contributed by atoms with Crippen LogP contribution in [-0.2, 0) is 9.84 Å². The second-order valence-electron chi connectivity index (χ2n) is 2.84. The van der Waals surface area contributed by atoms with Crippen molar-refractivity contribution in [2.45, 2.75) is 25.0 Å². The van der Waals surface area contributed by atoms with E-state index in [2.05, 4.69) is 0 Å². The van der Waals surface area contributed by atoms with Gasteiger partial charge in [-0.1, -0.05) is 6.92 Å². The Labute approximate surface area is 66.9 Å². The molecule has 3 nitrogen and oxygen atoms in total. The van der Waals surface area contributed by atoms with Crippen molar-refractivity contribution < 1.29 is 8.42 Å². The van der Waals surface area contributed by atoms with Gasteiger partial charge in [0.05, 0.1) is 23.0 Å². The summed E-state index contributed by atoms with van der Waals surface area (Å²) in [5.74, 6) is -0.00991. The molecule has 0 bridgehead atoms. The first-order chi connectivity index (χ1) is 5.11. The van der Waals surface area contributed by atoms with Crippen molar-refractivity contribution in [2.24, 2.45) is 5.92 Å². The monoisotopic (exact) mass is 173 g/mol. The molecule has 1 fully saturated rings. The molecule has 0 amide bonds. The zero-order chi connectivity index (χ0) is 8.48. The predicted octanol–water partition coefficient (Wildman–Crippen LogP) is 0.723. The molecule has 11 heavy (non-hydrogen) atoms. The van der Waals surface area contributed by atoms with E-state index < -0.39 is 9.84 Å². The number of sulfone groups is 1. The van der Waals surface area contributed by atoms with Crippen LogP contribution in [0.2, 0.25) is 0 Å². The van der Waals surface area contributed by atoms with Gasteiger partial charge in [0, 0.05) is 0 Å². The first-order valence-corrected chi connectivity index (χ1v) is 5.44. The van der Waals surface area contributed by atoms with E-state index in [1.165, 1.54) is 0 Å². The minimum atomic E-state index is -2.87. The summed E-state index contributed by atoms with van der Waals surface area (Å²) in [6.07, 6.45) is 1.31. The molecule has 62 valence electrons. The van der Waals surface area contributed by atoms with Gasteiger partial charge in [-0.3, -0.25) is 0 Å². The number of nitriles is 1. The highest BCUT2D eigenvalue weighted by molar-refractivity contribution is 7.93. The summed E-state index contributed by atoms with van der Waals surface area (Å²) in [6, 6.07) is 2.03. The van der Waals surface area contributed by atoms with Crippen molar-refractivity contribution in [2.75, 3.05) is 5.75 Å². The number of hydrogen-bond donors (Lipinski definition) is 0. The van der Waals surface area contributed by atoms with Crippen LogP contribution in [0.5, 0.6) is 0 Å². The van der Waals surface area contributed by atoms with Gasteiger partial charge in [-0.25, -0.2) is 8.42 Å². The highest BCUT2D eigenvalue weighted by atomic mass is 32.2. The summed E-state index contributed by atoms with van der Waals surface area (Å²) in [4.78, 5) is 0. The first-order valence-electron chi connectivity index (χ1n) is 3.73. The zero-order valence-electron chi connectivity index (χ0n) is 6.45. The molecule has 0 radical (unpaired) electrons. The van der Waals surface area contributed by atoms with Crippen LogP contribution in [0, 0.1) is 17.2 Å². The fourth-order valence-electron chi connectivity index (χ4n) is 1.34. The van der Waals surface area contributed by atoms with E-state index in [-0.39, 0.29) is 16.9 Å². The molecule has 2 unspecified atom stereocenters. The Morgan fingerprint density at radius 3 is 2.45 bits per heavy atom. The summed E-state index contributed by atoms with van der Waals surface area (Å²) in [7, 11) is -2.87. The number of nitrogens with zero attached hydrogens (tertiary/aromatic N) is 1. The van der Waals surface area contributed by atoms with Gasteiger partial charge < -0.3 is 0 Å². The van der Waals surface area contributed by atoms with Crippen LogP contribution in [0.15, 0.2) is 0 Å². The van der Waals surface area contributed by atoms with Crippen molar-refractivity contribution in [3.8, 4) is 6.07 Å². The van der Waals surface area contributed by atoms with Crippen molar-refractivity contribution in [3.63, 3.8) is 0 Å². The molecular weight excluding hydrogens is 162 g/mol. The molecule has 0 N–H and O–H groups in total. The van der Waals surface area contributed by atoms with Crippen LogP contribution >= 0.6 is 0 Å². The lowest BCUT2D eigenvalue weighted by Crippen LogP contribution is -2.41. The minimum Gasteiger partial charge on any atom is -0.229 e. The second kappa shape index (κ2) is 2.82. The quantitative estimate of drug-likeness (QED) is 0.618. The Hall–Kier alpha value is -0.560. The van der Waals surface area contributed by atoms with Gasteiger partial charge >= 0.3 is 0 Å². The Balaban J connectivity index is 2.71. The van der Waals surface area contributed by atoms with E-state index in [1.54, 1.807) is 0 Å². The molecule has 0 aromatic rings. The van der Waals surface area contributed by atoms with E-state index in [1.807, 2.05) is 13.0 Å². The maximum absolute atomic E-state index is 11.0. The molecule has 1 aliphatic rings. The lowest BCUT2D eigenvalue weighted by Gasteiger charge is -2.28. The summed E-state index contributed by atoms with van der Waals surface area (Å²) in [5, 5.41) is 8.22. The third kappa shape index (κ3) is 1.38. The molecule has 2 atom stereocenters. The van der Waals surface area contributed by atoms with Gasteiger partial charge in [-0.15, -0.1) is 0 Å².